The second kappa shape index (κ2) is 6.61. The smallest absolute Gasteiger partial charge is 0.251 e. The van der Waals surface area contributed by atoms with Crippen LogP contribution in [0.1, 0.15) is 30.1 Å². The number of amides is 1. The van der Waals surface area contributed by atoms with Gasteiger partial charge in [0.05, 0.1) is 11.4 Å². The van der Waals surface area contributed by atoms with Gasteiger partial charge in [-0.05, 0) is 43.9 Å². The van der Waals surface area contributed by atoms with Crippen LogP contribution in [-0.4, -0.2) is 32.2 Å². The van der Waals surface area contributed by atoms with Crippen LogP contribution in [-0.2, 0) is 4.74 Å². The third-order valence-electron chi connectivity index (χ3n) is 3.90. The number of nitrogens with two attached hydrogens (primary N) is 1. The van der Waals surface area contributed by atoms with Crippen LogP contribution >= 0.6 is 0 Å². The van der Waals surface area contributed by atoms with Crippen molar-refractivity contribution in [2.24, 2.45) is 5.92 Å². The Kier molecular flexibility index (Phi) is 4.84. The van der Waals surface area contributed by atoms with Gasteiger partial charge < -0.3 is 21.1 Å². The second-order valence-corrected chi connectivity index (χ2v) is 5.26. The van der Waals surface area contributed by atoms with Crippen LogP contribution in [0.25, 0.3) is 0 Å². The number of carbonyl (C=O) groups is 1. The van der Waals surface area contributed by atoms with Crippen molar-refractivity contribution < 1.29 is 9.53 Å². The van der Waals surface area contributed by atoms with Gasteiger partial charge in [-0.3, -0.25) is 4.79 Å². The van der Waals surface area contributed by atoms with Crippen molar-refractivity contribution >= 4 is 17.3 Å². The summed E-state index contributed by atoms with van der Waals surface area (Å²) in [5.41, 5.74) is 8.09. The van der Waals surface area contributed by atoms with E-state index >= 15 is 0 Å². The minimum Gasteiger partial charge on any atom is -0.397 e. The number of nitrogens with one attached hydrogen (secondary N) is 2. The first-order chi connectivity index (χ1) is 9.61. The Morgan fingerprint density at radius 1 is 1.40 bits per heavy atom. The molecule has 1 aliphatic rings. The minimum absolute atomic E-state index is 0.124. The van der Waals surface area contributed by atoms with Crippen molar-refractivity contribution in [1.29, 1.82) is 0 Å². The van der Waals surface area contributed by atoms with E-state index in [2.05, 4.69) is 17.6 Å². The van der Waals surface area contributed by atoms with Gasteiger partial charge in [-0.2, -0.15) is 0 Å². The molecule has 1 aromatic carbocycles. The molecule has 1 atom stereocenters. The minimum atomic E-state index is -0.124. The van der Waals surface area contributed by atoms with Crippen molar-refractivity contribution in [1.82, 2.24) is 5.32 Å². The van der Waals surface area contributed by atoms with Gasteiger partial charge in [0, 0.05) is 31.9 Å². The highest BCUT2D eigenvalue weighted by Crippen LogP contribution is 2.25. The van der Waals surface area contributed by atoms with Crippen molar-refractivity contribution in [2.75, 3.05) is 31.3 Å². The molecule has 2 rings (SSSR count). The van der Waals surface area contributed by atoms with Crippen LogP contribution in [0.2, 0.25) is 0 Å². The summed E-state index contributed by atoms with van der Waals surface area (Å²) in [6.07, 6.45) is 2.15. The first-order valence-electron chi connectivity index (χ1n) is 7.07. The molecule has 1 unspecified atom stereocenters. The number of anilines is 2. The molecule has 1 fully saturated rings. The van der Waals surface area contributed by atoms with E-state index in [1.165, 1.54) is 0 Å². The zero-order valence-electron chi connectivity index (χ0n) is 12.1. The fourth-order valence-corrected chi connectivity index (χ4v) is 2.56. The van der Waals surface area contributed by atoms with E-state index in [1.807, 2.05) is 6.07 Å². The van der Waals surface area contributed by atoms with E-state index in [9.17, 15) is 4.79 Å². The molecular formula is C15H23N3O2. The average Bonchev–Trinajstić information content (AvgIpc) is 2.49. The SMILES string of the molecule is CNC(=O)c1ccc(NC(C)C2CCOCC2)c(N)c1. The van der Waals surface area contributed by atoms with Gasteiger partial charge in [0.2, 0.25) is 0 Å². The largest absolute Gasteiger partial charge is 0.397 e. The number of ether oxygens (including phenoxy) is 1. The highest BCUT2D eigenvalue weighted by atomic mass is 16.5. The lowest BCUT2D eigenvalue weighted by atomic mass is 9.92. The Balaban J connectivity index is 2.03. The zero-order chi connectivity index (χ0) is 14.5. The highest BCUT2D eigenvalue weighted by Gasteiger charge is 2.20. The van der Waals surface area contributed by atoms with E-state index in [4.69, 9.17) is 10.5 Å². The quantitative estimate of drug-likeness (QED) is 0.734. The molecule has 1 aliphatic heterocycles. The van der Waals surface area contributed by atoms with Gasteiger partial charge in [0.1, 0.15) is 0 Å². The van der Waals surface area contributed by atoms with Gasteiger partial charge in [-0.25, -0.2) is 0 Å². The predicted molar refractivity (Wildman–Crippen MR) is 80.9 cm³/mol. The Morgan fingerprint density at radius 2 is 2.10 bits per heavy atom. The summed E-state index contributed by atoms with van der Waals surface area (Å²) < 4.78 is 5.38. The summed E-state index contributed by atoms with van der Waals surface area (Å²) in [6, 6.07) is 5.70. The van der Waals surface area contributed by atoms with Gasteiger partial charge in [0.15, 0.2) is 0 Å². The topological polar surface area (TPSA) is 76.4 Å². The van der Waals surface area contributed by atoms with Gasteiger partial charge in [-0.1, -0.05) is 0 Å². The summed E-state index contributed by atoms with van der Waals surface area (Å²) in [6.45, 7) is 3.84. The summed E-state index contributed by atoms with van der Waals surface area (Å²) >= 11 is 0. The van der Waals surface area contributed by atoms with Crippen LogP contribution < -0.4 is 16.4 Å². The molecule has 0 bridgehead atoms. The van der Waals surface area contributed by atoms with Gasteiger partial charge >= 0.3 is 0 Å². The maximum Gasteiger partial charge on any atom is 0.251 e. The first-order valence-corrected chi connectivity index (χ1v) is 7.07. The third-order valence-corrected chi connectivity index (χ3v) is 3.90. The maximum absolute atomic E-state index is 11.5. The molecule has 1 saturated heterocycles. The molecule has 0 spiro atoms. The Bertz CT molecular complexity index is 470. The maximum atomic E-state index is 11.5. The molecule has 1 amide bonds. The molecule has 0 aliphatic carbocycles. The van der Waals surface area contributed by atoms with E-state index in [-0.39, 0.29) is 5.91 Å². The van der Waals surface area contributed by atoms with Crippen LogP contribution in [0.4, 0.5) is 11.4 Å². The lowest BCUT2D eigenvalue weighted by Gasteiger charge is -2.29. The molecule has 1 aromatic rings. The Morgan fingerprint density at radius 3 is 2.70 bits per heavy atom. The average molecular weight is 277 g/mol. The number of carbonyl (C=O) groups excluding carboxylic acids is 1. The molecule has 0 saturated carbocycles. The second-order valence-electron chi connectivity index (χ2n) is 5.26. The number of benzene rings is 1. The first kappa shape index (κ1) is 14.7. The molecule has 5 nitrogen and oxygen atoms in total. The normalized spacial score (nSPS) is 17.5. The molecule has 4 N–H and O–H groups in total. The van der Waals surface area contributed by atoms with Crippen LogP contribution in [0, 0.1) is 5.92 Å². The van der Waals surface area contributed by atoms with Crippen molar-refractivity contribution in [3.63, 3.8) is 0 Å². The summed E-state index contributed by atoms with van der Waals surface area (Å²) in [5.74, 6) is 0.475. The predicted octanol–water partition coefficient (Wildman–Crippen LogP) is 1.86. The van der Waals surface area contributed by atoms with Crippen LogP contribution in [0.3, 0.4) is 0 Å². The zero-order valence-corrected chi connectivity index (χ0v) is 12.1. The van der Waals surface area contributed by atoms with Crippen LogP contribution in [0.15, 0.2) is 18.2 Å². The lowest BCUT2D eigenvalue weighted by Crippen LogP contribution is -2.31. The molecule has 1 heterocycles. The van der Waals surface area contributed by atoms with Crippen molar-refractivity contribution in [3.8, 4) is 0 Å². The fraction of sp³-hybridized carbons (Fsp3) is 0.533. The lowest BCUT2D eigenvalue weighted by molar-refractivity contribution is 0.0622. The Labute approximate surface area is 119 Å². The molecule has 0 aromatic heterocycles. The molecule has 0 radical (unpaired) electrons. The third kappa shape index (κ3) is 3.42. The van der Waals surface area contributed by atoms with E-state index < -0.39 is 0 Å². The summed E-state index contributed by atoms with van der Waals surface area (Å²) in [7, 11) is 1.61. The van der Waals surface area contributed by atoms with Crippen molar-refractivity contribution in [2.45, 2.75) is 25.8 Å². The number of hydrogen-bond acceptors (Lipinski definition) is 4. The van der Waals surface area contributed by atoms with E-state index in [0.29, 0.717) is 23.2 Å². The number of rotatable bonds is 4. The molecule has 5 heteroatoms. The molecule has 110 valence electrons. The van der Waals surface area contributed by atoms with E-state index in [0.717, 1.165) is 31.7 Å². The highest BCUT2D eigenvalue weighted by molar-refractivity contribution is 5.95. The van der Waals surface area contributed by atoms with Gasteiger partial charge in [-0.15, -0.1) is 0 Å². The summed E-state index contributed by atoms with van der Waals surface area (Å²) in [4.78, 5) is 11.5. The number of nitrogen functional groups attached to an aromatic ring is 1. The summed E-state index contributed by atoms with van der Waals surface area (Å²) in [5, 5.41) is 6.04. The van der Waals surface area contributed by atoms with Crippen molar-refractivity contribution in [3.05, 3.63) is 23.8 Å². The number of hydrogen-bond donors (Lipinski definition) is 3. The standard InChI is InChI=1S/C15H23N3O2/c1-10(11-5-7-20-8-6-11)18-14-4-3-12(9-13(14)16)15(19)17-2/h3-4,9-11,18H,5-8,16H2,1-2H3,(H,17,19). The molecular weight excluding hydrogens is 254 g/mol. The monoisotopic (exact) mass is 277 g/mol. The van der Waals surface area contributed by atoms with Gasteiger partial charge in [0.25, 0.3) is 5.91 Å². The van der Waals surface area contributed by atoms with E-state index in [1.54, 1.807) is 19.2 Å². The van der Waals surface area contributed by atoms with Crippen LogP contribution in [0.5, 0.6) is 0 Å². The molecule has 20 heavy (non-hydrogen) atoms. The Hall–Kier alpha value is -1.75. The fourth-order valence-electron chi connectivity index (χ4n) is 2.56.